The maximum atomic E-state index is 11.8. The van der Waals surface area contributed by atoms with Gasteiger partial charge in [0.05, 0.1) is 6.04 Å². The minimum absolute atomic E-state index is 0.0386. The van der Waals surface area contributed by atoms with E-state index in [9.17, 15) is 14.4 Å². The molecule has 1 heterocycles. The van der Waals surface area contributed by atoms with E-state index in [1.54, 1.807) is 19.1 Å². The third kappa shape index (κ3) is 3.73. The molecule has 1 aliphatic heterocycles. The Bertz CT molecular complexity index is 1070. The molecule has 0 bridgehead atoms. The Morgan fingerprint density at radius 3 is 2.40 bits per heavy atom. The number of esters is 2. The highest BCUT2D eigenvalue weighted by Crippen LogP contribution is 2.51. The summed E-state index contributed by atoms with van der Waals surface area (Å²) >= 11 is 0. The van der Waals surface area contributed by atoms with Crippen LogP contribution in [-0.4, -0.2) is 17.7 Å². The van der Waals surface area contributed by atoms with E-state index in [-0.39, 0.29) is 23.7 Å². The molecule has 3 atom stereocenters. The number of fused-ring (bicyclic) bond motifs is 3. The van der Waals surface area contributed by atoms with Gasteiger partial charge in [-0.2, -0.15) is 0 Å². The Balaban J connectivity index is 1.76. The van der Waals surface area contributed by atoms with Crippen LogP contribution in [-0.2, 0) is 9.59 Å². The predicted molar refractivity (Wildman–Crippen MR) is 112 cm³/mol. The largest absolute Gasteiger partial charge is 0.427 e. The van der Waals surface area contributed by atoms with Gasteiger partial charge in [-0.3, -0.25) is 14.4 Å². The van der Waals surface area contributed by atoms with Crippen LogP contribution in [0, 0.1) is 5.92 Å². The van der Waals surface area contributed by atoms with Crippen LogP contribution < -0.4 is 14.8 Å². The molecule has 0 spiro atoms. The van der Waals surface area contributed by atoms with Gasteiger partial charge in [0.1, 0.15) is 11.5 Å². The molecule has 1 aliphatic carbocycles. The number of hydrogen-bond acceptors (Lipinski definition) is 6. The van der Waals surface area contributed by atoms with Crippen LogP contribution in [0.5, 0.6) is 11.5 Å². The lowest BCUT2D eigenvalue weighted by Crippen LogP contribution is -2.29. The Labute approximate surface area is 174 Å². The van der Waals surface area contributed by atoms with Gasteiger partial charge < -0.3 is 14.8 Å². The van der Waals surface area contributed by atoms with Gasteiger partial charge in [-0.25, -0.2) is 0 Å². The van der Waals surface area contributed by atoms with Crippen molar-refractivity contribution in [2.75, 3.05) is 5.32 Å². The lowest BCUT2D eigenvalue weighted by Gasteiger charge is -2.38. The molecule has 0 fully saturated rings. The molecule has 2 aromatic rings. The molecule has 0 saturated heterocycles. The number of carbonyl (C=O) groups is 3. The summed E-state index contributed by atoms with van der Waals surface area (Å²) in [6.07, 6.45) is 5.19. The molecule has 0 amide bonds. The summed E-state index contributed by atoms with van der Waals surface area (Å²) in [5.74, 6) is 0.204. The summed E-state index contributed by atoms with van der Waals surface area (Å²) < 4.78 is 10.6. The van der Waals surface area contributed by atoms with Crippen molar-refractivity contribution in [3.63, 3.8) is 0 Å². The number of anilines is 1. The van der Waals surface area contributed by atoms with Crippen molar-refractivity contribution >= 4 is 23.4 Å². The van der Waals surface area contributed by atoms with Crippen LogP contribution in [0.25, 0.3) is 0 Å². The molecule has 6 heteroatoms. The zero-order chi connectivity index (χ0) is 21.4. The molecule has 0 aromatic heterocycles. The standard InChI is InChI=1S/C24H23NO5/c1-13(26)16-7-10-22-21(11-16)18-5-4-6-19(18)24(25-22)20-9-8-17(29-14(2)27)12-23(20)30-15(3)28/h4-5,7-12,18-19,24-25H,6H2,1-3H3/t18-,19+,24+/m0/s1. The first-order chi connectivity index (χ1) is 14.3. The minimum atomic E-state index is -0.445. The number of allylic oxidation sites excluding steroid dienone is 2. The Morgan fingerprint density at radius 2 is 1.70 bits per heavy atom. The van der Waals surface area contributed by atoms with Crippen LogP contribution in [0.15, 0.2) is 48.6 Å². The number of benzene rings is 2. The van der Waals surface area contributed by atoms with Crippen molar-refractivity contribution in [1.29, 1.82) is 0 Å². The number of rotatable bonds is 4. The lowest BCUT2D eigenvalue weighted by atomic mass is 9.76. The monoisotopic (exact) mass is 405 g/mol. The van der Waals surface area contributed by atoms with Crippen molar-refractivity contribution in [2.45, 2.75) is 39.2 Å². The van der Waals surface area contributed by atoms with Crippen molar-refractivity contribution in [2.24, 2.45) is 5.92 Å². The zero-order valence-electron chi connectivity index (χ0n) is 17.1. The van der Waals surface area contributed by atoms with Crippen molar-refractivity contribution in [3.8, 4) is 11.5 Å². The number of hydrogen-bond donors (Lipinski definition) is 1. The van der Waals surface area contributed by atoms with E-state index >= 15 is 0 Å². The highest BCUT2D eigenvalue weighted by Gasteiger charge is 2.39. The van der Waals surface area contributed by atoms with Crippen LogP contribution in [0.4, 0.5) is 5.69 Å². The Hall–Kier alpha value is -3.41. The van der Waals surface area contributed by atoms with Gasteiger partial charge in [-0.15, -0.1) is 0 Å². The third-order valence-corrected chi connectivity index (χ3v) is 5.60. The molecular weight excluding hydrogens is 382 g/mol. The predicted octanol–water partition coefficient (Wildman–Crippen LogP) is 4.57. The summed E-state index contributed by atoms with van der Waals surface area (Å²) in [4.78, 5) is 34.9. The molecule has 0 unspecified atom stereocenters. The Kier molecular flexibility index (Phi) is 5.16. The summed E-state index contributed by atoms with van der Waals surface area (Å²) in [5, 5.41) is 3.57. The van der Waals surface area contributed by atoms with Gasteiger partial charge in [0.15, 0.2) is 5.78 Å². The van der Waals surface area contributed by atoms with E-state index in [4.69, 9.17) is 9.47 Å². The van der Waals surface area contributed by atoms with E-state index in [1.807, 2.05) is 24.3 Å². The smallest absolute Gasteiger partial charge is 0.308 e. The van der Waals surface area contributed by atoms with E-state index in [1.165, 1.54) is 13.8 Å². The highest BCUT2D eigenvalue weighted by atomic mass is 16.5. The number of ether oxygens (including phenoxy) is 2. The van der Waals surface area contributed by atoms with E-state index < -0.39 is 11.9 Å². The summed E-state index contributed by atoms with van der Waals surface area (Å²) in [5.41, 5.74) is 3.57. The first-order valence-electron chi connectivity index (χ1n) is 9.92. The van der Waals surface area contributed by atoms with E-state index in [2.05, 4.69) is 17.5 Å². The Morgan fingerprint density at radius 1 is 0.933 bits per heavy atom. The number of carbonyl (C=O) groups excluding carboxylic acids is 3. The van der Waals surface area contributed by atoms with Crippen LogP contribution in [0.2, 0.25) is 0 Å². The molecule has 0 saturated carbocycles. The minimum Gasteiger partial charge on any atom is -0.427 e. The molecule has 1 N–H and O–H groups in total. The molecule has 0 radical (unpaired) electrons. The second-order valence-corrected chi connectivity index (χ2v) is 7.72. The normalized spacial score (nSPS) is 21.2. The molecular formula is C24H23NO5. The van der Waals surface area contributed by atoms with Gasteiger partial charge in [-0.05, 0) is 55.2 Å². The molecule has 2 aromatic carbocycles. The van der Waals surface area contributed by atoms with Crippen LogP contribution >= 0.6 is 0 Å². The quantitative estimate of drug-likeness (QED) is 0.347. The maximum absolute atomic E-state index is 11.8. The topological polar surface area (TPSA) is 81.7 Å². The summed E-state index contributed by atoms with van der Waals surface area (Å²) in [6.45, 7) is 4.23. The van der Waals surface area contributed by atoms with Crippen molar-refractivity contribution < 1.29 is 23.9 Å². The number of nitrogens with one attached hydrogen (secondary N) is 1. The second-order valence-electron chi connectivity index (χ2n) is 7.72. The SMILES string of the molecule is CC(=O)Oc1ccc([C@@H]2Nc3ccc(C(C)=O)cc3[C@H]3C=CC[C@H]32)c(OC(C)=O)c1. The fraction of sp³-hybridized carbons (Fsp3) is 0.292. The molecule has 154 valence electrons. The molecule has 4 rings (SSSR count). The van der Waals surface area contributed by atoms with Gasteiger partial charge in [0, 0.05) is 42.6 Å². The average Bonchev–Trinajstić information content (AvgIpc) is 3.16. The fourth-order valence-electron chi connectivity index (χ4n) is 4.37. The lowest BCUT2D eigenvalue weighted by molar-refractivity contribution is -0.132. The molecule has 30 heavy (non-hydrogen) atoms. The number of ketones is 1. The first kappa shape index (κ1) is 19.9. The highest BCUT2D eigenvalue weighted by molar-refractivity contribution is 5.95. The zero-order valence-corrected chi connectivity index (χ0v) is 17.1. The van der Waals surface area contributed by atoms with Crippen LogP contribution in [0.1, 0.15) is 60.6 Å². The molecule has 6 nitrogen and oxygen atoms in total. The fourth-order valence-corrected chi connectivity index (χ4v) is 4.37. The average molecular weight is 405 g/mol. The third-order valence-electron chi connectivity index (χ3n) is 5.60. The van der Waals surface area contributed by atoms with Crippen LogP contribution in [0.3, 0.4) is 0 Å². The number of Topliss-reactive ketones (excluding diaryl/α,β-unsaturated/α-hetero) is 1. The maximum Gasteiger partial charge on any atom is 0.308 e. The van der Waals surface area contributed by atoms with Crippen molar-refractivity contribution in [1.82, 2.24) is 0 Å². The summed E-state index contributed by atoms with van der Waals surface area (Å²) in [6, 6.07) is 10.7. The van der Waals surface area contributed by atoms with Gasteiger partial charge in [0.25, 0.3) is 0 Å². The van der Waals surface area contributed by atoms with Gasteiger partial charge in [0.2, 0.25) is 0 Å². The second kappa shape index (κ2) is 7.78. The summed E-state index contributed by atoms with van der Waals surface area (Å²) in [7, 11) is 0. The first-order valence-corrected chi connectivity index (χ1v) is 9.92. The van der Waals surface area contributed by atoms with Gasteiger partial charge in [-0.1, -0.05) is 12.2 Å². The van der Waals surface area contributed by atoms with E-state index in [0.717, 1.165) is 23.2 Å². The van der Waals surface area contributed by atoms with Crippen molar-refractivity contribution in [3.05, 3.63) is 65.2 Å². The van der Waals surface area contributed by atoms with E-state index in [0.29, 0.717) is 17.1 Å². The molecule has 2 aliphatic rings. The van der Waals surface area contributed by atoms with Gasteiger partial charge >= 0.3 is 11.9 Å².